The first kappa shape index (κ1) is 36.4. The number of hydrogen-bond acceptors (Lipinski definition) is 7. The van der Waals surface area contributed by atoms with Crippen molar-refractivity contribution < 1.29 is 23.9 Å². The Morgan fingerprint density at radius 1 is 0.769 bits per heavy atom. The first-order valence-electron chi connectivity index (χ1n) is 17.6. The molecule has 9 heteroatoms. The first-order valence-corrected chi connectivity index (χ1v) is 17.6. The van der Waals surface area contributed by atoms with Crippen LogP contribution in [0.15, 0.2) is 108 Å². The lowest BCUT2D eigenvalue weighted by molar-refractivity contribution is -0.151. The van der Waals surface area contributed by atoms with Gasteiger partial charge in [-0.1, -0.05) is 71.8 Å². The van der Waals surface area contributed by atoms with Crippen LogP contribution in [0.5, 0.6) is 0 Å². The summed E-state index contributed by atoms with van der Waals surface area (Å²) in [6.45, 7) is 15.4. The molecular formula is C43H48N4O5. The molecule has 1 spiro atoms. The quantitative estimate of drug-likeness (QED) is 0.180. The number of para-hydroxylation sites is 2. The highest BCUT2D eigenvalue weighted by molar-refractivity contribution is 6.18. The Morgan fingerprint density at radius 2 is 1.35 bits per heavy atom. The largest absolute Gasteiger partial charge is 0.456 e. The van der Waals surface area contributed by atoms with Crippen molar-refractivity contribution >= 4 is 40.5 Å². The molecule has 4 aromatic carbocycles. The number of methoxy groups -OCH3 is 1. The van der Waals surface area contributed by atoms with Crippen LogP contribution in [0.25, 0.3) is 0 Å². The number of hydrogen-bond donors (Lipinski definition) is 3. The van der Waals surface area contributed by atoms with Crippen molar-refractivity contribution in [3.63, 3.8) is 0 Å². The molecule has 0 bridgehead atoms. The van der Waals surface area contributed by atoms with Gasteiger partial charge in [-0.25, -0.2) is 4.79 Å². The third-order valence-corrected chi connectivity index (χ3v) is 9.41. The zero-order valence-electron chi connectivity index (χ0n) is 31.4. The van der Waals surface area contributed by atoms with Gasteiger partial charge in [-0.2, -0.15) is 0 Å². The molecule has 270 valence electrons. The van der Waals surface area contributed by atoms with Gasteiger partial charge in [0.2, 0.25) is 5.91 Å². The highest BCUT2D eigenvalue weighted by atomic mass is 16.6. The summed E-state index contributed by atoms with van der Waals surface area (Å²) < 4.78 is 11.1. The Balaban J connectivity index is 0.000000715. The Kier molecular flexibility index (Phi) is 9.53. The van der Waals surface area contributed by atoms with E-state index in [-0.39, 0.29) is 17.1 Å². The van der Waals surface area contributed by atoms with E-state index in [4.69, 9.17) is 9.47 Å². The lowest BCUT2D eigenvalue weighted by atomic mass is 9.82. The van der Waals surface area contributed by atoms with E-state index >= 15 is 0 Å². The maximum Gasteiger partial charge on any atom is 0.339 e. The molecule has 0 fully saturated rings. The maximum atomic E-state index is 14.8. The normalized spacial score (nSPS) is 20.5. The molecule has 0 aliphatic carbocycles. The number of esters is 1. The summed E-state index contributed by atoms with van der Waals surface area (Å²) in [7, 11) is 1.71. The van der Waals surface area contributed by atoms with Gasteiger partial charge in [-0.3, -0.25) is 9.59 Å². The zero-order chi connectivity index (χ0) is 37.6. The third kappa shape index (κ3) is 6.68. The molecule has 3 aliphatic heterocycles. The highest BCUT2D eigenvalue weighted by Crippen LogP contribution is 2.58. The zero-order valence-corrected chi connectivity index (χ0v) is 31.4. The van der Waals surface area contributed by atoms with Crippen molar-refractivity contribution in [1.29, 1.82) is 0 Å². The van der Waals surface area contributed by atoms with Gasteiger partial charge in [0.05, 0.1) is 28.8 Å². The number of benzene rings is 4. The minimum absolute atomic E-state index is 0.0417. The molecule has 9 nitrogen and oxygen atoms in total. The van der Waals surface area contributed by atoms with Crippen LogP contribution in [-0.4, -0.2) is 42.1 Å². The number of carbonyl (C=O) groups excluding carboxylic acids is 3. The van der Waals surface area contributed by atoms with E-state index in [2.05, 4.69) is 16.0 Å². The average molecular weight is 701 g/mol. The van der Waals surface area contributed by atoms with Gasteiger partial charge in [-0.15, -0.1) is 0 Å². The summed E-state index contributed by atoms with van der Waals surface area (Å²) in [6.07, 6.45) is 0. The molecular weight excluding hydrogens is 652 g/mol. The fourth-order valence-corrected chi connectivity index (χ4v) is 7.07. The number of nitrogens with zero attached hydrogens (tertiary/aromatic N) is 1. The Hall–Kier alpha value is -5.41. The van der Waals surface area contributed by atoms with Crippen molar-refractivity contribution in [3.8, 4) is 0 Å². The van der Waals surface area contributed by atoms with Crippen LogP contribution in [0.2, 0.25) is 0 Å². The topological polar surface area (TPSA) is 109 Å². The number of aryl methyl sites for hydroxylation is 2. The maximum absolute atomic E-state index is 14.8. The number of nitrogens with one attached hydrogen (secondary N) is 3. The molecule has 0 unspecified atom stereocenters. The van der Waals surface area contributed by atoms with Crippen molar-refractivity contribution in [2.24, 2.45) is 0 Å². The molecule has 0 saturated carbocycles. The van der Waals surface area contributed by atoms with Crippen LogP contribution in [0.1, 0.15) is 69.7 Å². The Bertz CT molecular complexity index is 2050. The SMILES string of the molecule is COC(C)(C)C.Cc1ccc2c(c1)[C@@H]([C@H]1C(Nc3ccccc3)=C(C(=O)OC(C)(C)C)[C@]3(C(=O)Nc4ccc(C)cc43)N1c1ccccc1)C(=O)N2. The Labute approximate surface area is 306 Å². The van der Waals surface area contributed by atoms with Crippen LogP contribution in [0, 0.1) is 13.8 Å². The second-order valence-corrected chi connectivity index (χ2v) is 15.5. The van der Waals surface area contributed by atoms with E-state index in [9.17, 15) is 14.4 Å². The molecule has 2 amide bonds. The standard InChI is InChI=1S/C38H36N4O4.C5H12O/c1-22-16-18-28-26(20-22)30(34(43)40-28)33-32(39-24-12-8-6-9-13-24)31(35(44)46-37(3,4)5)38(42(33)25-14-10-7-11-15-25)27-21-23(2)17-19-29(27)41-36(38)45;1-5(2,3)6-4/h6-21,30,33,39H,1-5H3,(H,40,43)(H,41,45);1-4H3/t30-,33-,38+;/m0./s1. The second kappa shape index (κ2) is 13.6. The second-order valence-electron chi connectivity index (χ2n) is 15.5. The summed E-state index contributed by atoms with van der Waals surface area (Å²) >= 11 is 0. The minimum Gasteiger partial charge on any atom is -0.456 e. The minimum atomic E-state index is -1.67. The predicted molar refractivity (Wildman–Crippen MR) is 206 cm³/mol. The molecule has 3 atom stereocenters. The molecule has 4 aromatic rings. The number of anilines is 4. The average Bonchev–Trinajstić information content (AvgIpc) is 3.66. The molecule has 0 radical (unpaired) electrons. The van der Waals surface area contributed by atoms with Gasteiger partial charge in [0, 0.05) is 35.4 Å². The number of ether oxygens (including phenoxy) is 2. The summed E-state index contributed by atoms with van der Waals surface area (Å²) in [5, 5.41) is 9.71. The van der Waals surface area contributed by atoms with E-state index in [0.717, 1.165) is 16.7 Å². The van der Waals surface area contributed by atoms with Gasteiger partial charge in [0.1, 0.15) is 5.60 Å². The monoisotopic (exact) mass is 700 g/mol. The van der Waals surface area contributed by atoms with Gasteiger partial charge >= 0.3 is 5.97 Å². The van der Waals surface area contributed by atoms with Crippen LogP contribution < -0.4 is 20.9 Å². The number of carbonyl (C=O) groups is 3. The van der Waals surface area contributed by atoms with Crippen molar-refractivity contribution in [1.82, 2.24) is 0 Å². The van der Waals surface area contributed by atoms with E-state index < -0.39 is 35.0 Å². The number of fused-ring (bicyclic) bond motifs is 3. The number of amides is 2. The van der Waals surface area contributed by atoms with Crippen LogP contribution >= 0.6 is 0 Å². The molecule has 3 aliphatic rings. The highest BCUT2D eigenvalue weighted by Gasteiger charge is 2.66. The van der Waals surface area contributed by atoms with Gasteiger partial charge in [0.25, 0.3) is 5.91 Å². The third-order valence-electron chi connectivity index (χ3n) is 9.41. The van der Waals surface area contributed by atoms with Gasteiger partial charge < -0.3 is 30.3 Å². The van der Waals surface area contributed by atoms with E-state index in [1.54, 1.807) is 27.9 Å². The van der Waals surface area contributed by atoms with Gasteiger partial charge in [0.15, 0.2) is 5.54 Å². The molecule has 0 saturated heterocycles. The Morgan fingerprint density at radius 3 is 1.94 bits per heavy atom. The van der Waals surface area contributed by atoms with Crippen molar-refractivity contribution in [2.75, 3.05) is 28.0 Å². The fraction of sp³-hybridized carbons (Fsp3) is 0.326. The lowest BCUT2D eigenvalue weighted by Crippen LogP contribution is -2.55. The van der Waals surface area contributed by atoms with Gasteiger partial charge in [-0.05, 0) is 97.4 Å². The van der Waals surface area contributed by atoms with E-state index in [1.165, 1.54) is 0 Å². The van der Waals surface area contributed by atoms with Crippen molar-refractivity contribution in [3.05, 3.63) is 131 Å². The summed E-state index contributed by atoms with van der Waals surface area (Å²) in [5.74, 6) is -2.03. The first-order chi connectivity index (χ1) is 24.5. The molecule has 3 heterocycles. The van der Waals surface area contributed by atoms with E-state index in [1.807, 2.05) is 137 Å². The molecule has 52 heavy (non-hydrogen) atoms. The molecule has 7 rings (SSSR count). The molecule has 0 aromatic heterocycles. The summed E-state index contributed by atoms with van der Waals surface area (Å²) in [4.78, 5) is 45.7. The van der Waals surface area contributed by atoms with Crippen LogP contribution in [-0.2, 0) is 29.4 Å². The summed E-state index contributed by atoms with van der Waals surface area (Å²) in [6, 6.07) is 29.8. The fourth-order valence-electron chi connectivity index (χ4n) is 7.07. The van der Waals surface area contributed by atoms with E-state index in [0.29, 0.717) is 34.0 Å². The predicted octanol–water partition coefficient (Wildman–Crippen LogP) is 8.21. The molecule has 3 N–H and O–H groups in total. The number of rotatable bonds is 5. The van der Waals surface area contributed by atoms with Crippen LogP contribution in [0.4, 0.5) is 22.7 Å². The lowest BCUT2D eigenvalue weighted by Gasteiger charge is -2.42. The smallest absolute Gasteiger partial charge is 0.339 e. The van der Waals surface area contributed by atoms with Crippen molar-refractivity contribution in [2.45, 2.75) is 84.1 Å². The van der Waals surface area contributed by atoms with Crippen LogP contribution in [0.3, 0.4) is 0 Å². The summed E-state index contributed by atoms with van der Waals surface area (Å²) in [5.41, 5.74) is 4.13.